The number of thioether (sulfide) groups is 1. The third kappa shape index (κ3) is 4.69. The minimum atomic E-state index is -0.919. The number of primary amides is 1. The van der Waals surface area contributed by atoms with Crippen molar-refractivity contribution in [3.8, 4) is 0 Å². The highest BCUT2D eigenvalue weighted by Crippen LogP contribution is 2.33. The van der Waals surface area contributed by atoms with Gasteiger partial charge in [0.1, 0.15) is 12.4 Å². The maximum Gasteiger partial charge on any atom is 0.358 e. The number of nitrogens with zero attached hydrogens (tertiary/aromatic N) is 6. The number of rotatable bonds is 4. The highest BCUT2D eigenvalue weighted by molar-refractivity contribution is 9.10. The lowest BCUT2D eigenvalue weighted by atomic mass is 10.1. The second-order valence-electron chi connectivity index (χ2n) is 7.27. The Kier molecular flexibility index (Phi) is 6.88. The third-order valence-corrected chi connectivity index (χ3v) is 6.44. The fourth-order valence-electron chi connectivity index (χ4n) is 3.86. The van der Waals surface area contributed by atoms with E-state index in [1.165, 1.54) is 46.4 Å². The van der Waals surface area contributed by atoms with Crippen LogP contribution in [0.15, 0.2) is 40.5 Å². The van der Waals surface area contributed by atoms with Crippen molar-refractivity contribution in [3.05, 3.63) is 46.7 Å². The summed E-state index contributed by atoms with van der Waals surface area (Å²) < 4.78 is 6.23. The molecular formula is C20H20BrN7O4S. The summed E-state index contributed by atoms with van der Waals surface area (Å²) in [6, 6.07) is 0.780. The molecule has 0 radical (unpaired) electrons. The first-order valence-corrected chi connectivity index (χ1v) is 12.1. The predicted molar refractivity (Wildman–Crippen MR) is 121 cm³/mol. The molecule has 0 spiro atoms. The maximum absolute atomic E-state index is 13.1. The zero-order valence-electron chi connectivity index (χ0n) is 17.5. The molecule has 3 amide bonds. The molecule has 33 heavy (non-hydrogen) atoms. The van der Waals surface area contributed by atoms with E-state index in [1.807, 2.05) is 0 Å². The number of amides is 3. The van der Waals surface area contributed by atoms with E-state index in [9.17, 15) is 14.4 Å². The van der Waals surface area contributed by atoms with Crippen LogP contribution in [-0.2, 0) is 9.53 Å². The van der Waals surface area contributed by atoms with E-state index in [1.54, 1.807) is 12.3 Å². The van der Waals surface area contributed by atoms with Crippen LogP contribution in [0, 0.1) is 0 Å². The van der Waals surface area contributed by atoms with Crippen molar-refractivity contribution in [1.29, 1.82) is 0 Å². The smallest absolute Gasteiger partial charge is 0.358 e. The average Bonchev–Trinajstić information content (AvgIpc) is 3.02. The maximum atomic E-state index is 13.1. The van der Waals surface area contributed by atoms with E-state index >= 15 is 0 Å². The van der Waals surface area contributed by atoms with Crippen LogP contribution in [0.4, 0.5) is 4.79 Å². The summed E-state index contributed by atoms with van der Waals surface area (Å²) in [5, 5.41) is 0.410. The van der Waals surface area contributed by atoms with Gasteiger partial charge in [0.05, 0.1) is 15.9 Å². The molecule has 2 atom stereocenters. The topological polar surface area (TPSA) is 144 Å². The number of fused-ring (bicyclic) bond motifs is 1. The van der Waals surface area contributed by atoms with Gasteiger partial charge in [0, 0.05) is 25.0 Å². The highest BCUT2D eigenvalue weighted by Gasteiger charge is 2.45. The molecule has 4 rings (SSSR count). The van der Waals surface area contributed by atoms with E-state index in [0.29, 0.717) is 41.1 Å². The summed E-state index contributed by atoms with van der Waals surface area (Å²) in [5.74, 6) is -1.01. The van der Waals surface area contributed by atoms with Crippen LogP contribution in [0.2, 0.25) is 0 Å². The Balaban J connectivity index is 1.72. The Bertz CT molecular complexity index is 1120. The number of carbonyl (C=O) groups is 3. The van der Waals surface area contributed by atoms with Gasteiger partial charge in [-0.1, -0.05) is 11.8 Å². The van der Waals surface area contributed by atoms with E-state index in [2.05, 4.69) is 35.9 Å². The molecule has 1 fully saturated rings. The van der Waals surface area contributed by atoms with Crippen molar-refractivity contribution < 1.29 is 19.1 Å². The normalized spacial score (nSPS) is 20.5. The fourth-order valence-corrected chi connectivity index (χ4v) is 4.56. The van der Waals surface area contributed by atoms with Gasteiger partial charge in [-0.05, 0) is 47.5 Å². The number of hydrogen-bond donors (Lipinski definition) is 1. The van der Waals surface area contributed by atoms with Crippen molar-refractivity contribution in [1.82, 2.24) is 29.7 Å². The molecule has 13 heteroatoms. The lowest BCUT2D eigenvalue weighted by Gasteiger charge is -2.44. The van der Waals surface area contributed by atoms with Crippen molar-refractivity contribution in [2.45, 2.75) is 36.7 Å². The zero-order chi connectivity index (χ0) is 23.5. The molecule has 2 aliphatic rings. The number of carbonyl (C=O) groups excluding carboxylic acids is 3. The summed E-state index contributed by atoms with van der Waals surface area (Å²) in [4.78, 5) is 57.9. The quantitative estimate of drug-likeness (QED) is 0.354. The minimum absolute atomic E-state index is 0.0597. The largest absolute Gasteiger partial charge is 0.453 e. The number of hydrogen-bond acceptors (Lipinski definition) is 9. The Morgan fingerprint density at radius 3 is 2.82 bits per heavy atom. The average molecular weight is 534 g/mol. The summed E-state index contributed by atoms with van der Waals surface area (Å²) in [5.41, 5.74) is 6.40. The summed E-state index contributed by atoms with van der Waals surface area (Å²) in [7, 11) is 0. The Hall–Kier alpha value is -3.06. The van der Waals surface area contributed by atoms with Gasteiger partial charge in [-0.25, -0.2) is 29.5 Å². The molecule has 172 valence electrons. The molecule has 0 aliphatic carbocycles. The van der Waals surface area contributed by atoms with Crippen LogP contribution >= 0.6 is 27.7 Å². The molecule has 0 bridgehead atoms. The van der Waals surface area contributed by atoms with Gasteiger partial charge in [-0.15, -0.1) is 0 Å². The van der Waals surface area contributed by atoms with Crippen LogP contribution in [0.1, 0.15) is 35.4 Å². The van der Waals surface area contributed by atoms with Crippen molar-refractivity contribution in [3.63, 3.8) is 0 Å². The molecule has 2 aromatic heterocycles. The number of urea groups is 1. The van der Waals surface area contributed by atoms with Gasteiger partial charge in [0.2, 0.25) is 0 Å². The number of ether oxygens (including phenoxy) is 1. The predicted octanol–water partition coefficient (Wildman–Crippen LogP) is 2.05. The zero-order valence-corrected chi connectivity index (χ0v) is 20.0. The van der Waals surface area contributed by atoms with Gasteiger partial charge in [0.15, 0.2) is 17.0 Å². The molecule has 2 aromatic rings. The van der Waals surface area contributed by atoms with E-state index in [0.717, 1.165) is 0 Å². The molecule has 0 saturated carbocycles. The molecule has 2 N–H and O–H groups in total. The van der Waals surface area contributed by atoms with Crippen LogP contribution in [0.3, 0.4) is 0 Å². The highest BCUT2D eigenvalue weighted by atomic mass is 79.9. The Morgan fingerprint density at radius 1 is 1.30 bits per heavy atom. The molecule has 11 nitrogen and oxygen atoms in total. The summed E-state index contributed by atoms with van der Waals surface area (Å²) in [6.45, 7) is 0.392. The molecule has 0 aromatic carbocycles. The third-order valence-electron chi connectivity index (χ3n) is 5.30. The van der Waals surface area contributed by atoms with Gasteiger partial charge in [-0.3, -0.25) is 9.69 Å². The van der Waals surface area contributed by atoms with Crippen molar-refractivity contribution >= 4 is 51.3 Å². The van der Waals surface area contributed by atoms with Crippen molar-refractivity contribution in [2.24, 2.45) is 5.73 Å². The number of halogens is 1. The molecule has 4 heterocycles. The van der Waals surface area contributed by atoms with Crippen LogP contribution in [-0.4, -0.2) is 72.7 Å². The summed E-state index contributed by atoms with van der Waals surface area (Å²) >= 11 is 4.57. The first kappa shape index (κ1) is 23.1. The Morgan fingerprint density at radius 2 is 2.12 bits per heavy atom. The molecule has 1 saturated heterocycles. The first-order valence-electron chi connectivity index (χ1n) is 10.1. The van der Waals surface area contributed by atoms with E-state index in [4.69, 9.17) is 10.5 Å². The number of nitrogens with two attached hydrogens (primary N) is 1. The van der Waals surface area contributed by atoms with Crippen LogP contribution in [0.25, 0.3) is 5.70 Å². The molecular weight excluding hydrogens is 514 g/mol. The van der Waals surface area contributed by atoms with Gasteiger partial charge < -0.3 is 15.4 Å². The standard InChI is InChI=1S/C20H20BrN7O4S/c1-33-20-24-9-11(21)16(26-20)18(30)32-14-4-2-3-7-27-15(29)8-13(12-5-6-23-10-25-12)28(17(14)27)19(22)31/h5-6,8-10,14,17H,2-4,7H2,1H3,(H2,22,31). The number of aromatic nitrogens is 4. The van der Waals surface area contributed by atoms with Crippen LogP contribution < -0.4 is 5.73 Å². The minimum Gasteiger partial charge on any atom is -0.453 e. The van der Waals surface area contributed by atoms with Gasteiger partial charge in [-0.2, -0.15) is 0 Å². The van der Waals surface area contributed by atoms with Crippen molar-refractivity contribution in [2.75, 3.05) is 12.8 Å². The van der Waals surface area contributed by atoms with Crippen LogP contribution in [0.5, 0.6) is 0 Å². The fraction of sp³-hybridized carbons (Fsp3) is 0.350. The van der Waals surface area contributed by atoms with E-state index < -0.39 is 24.3 Å². The summed E-state index contributed by atoms with van der Waals surface area (Å²) in [6.07, 6.45) is 7.46. The lowest BCUT2D eigenvalue weighted by molar-refractivity contribution is -0.135. The van der Waals surface area contributed by atoms with Gasteiger partial charge in [0.25, 0.3) is 5.91 Å². The second kappa shape index (κ2) is 9.83. The van der Waals surface area contributed by atoms with E-state index in [-0.39, 0.29) is 17.3 Å². The molecule has 2 unspecified atom stereocenters. The molecule has 2 aliphatic heterocycles. The first-order chi connectivity index (χ1) is 15.9. The Labute approximate surface area is 201 Å². The SMILES string of the molecule is CSc1ncc(Br)c(C(=O)OC2CCCCN3C(=O)C=C(c4ccncn4)N(C(N)=O)C23)n1. The monoisotopic (exact) mass is 533 g/mol. The number of esters is 1. The lowest BCUT2D eigenvalue weighted by Crippen LogP contribution is -2.61. The van der Waals surface area contributed by atoms with Gasteiger partial charge >= 0.3 is 12.0 Å². The second-order valence-corrected chi connectivity index (χ2v) is 8.90.